The van der Waals surface area contributed by atoms with Crippen LogP contribution in [0.1, 0.15) is 37.0 Å². The molecule has 20 heavy (non-hydrogen) atoms. The van der Waals surface area contributed by atoms with Crippen LogP contribution >= 0.6 is 11.3 Å². The van der Waals surface area contributed by atoms with Gasteiger partial charge in [0.2, 0.25) is 0 Å². The highest BCUT2D eigenvalue weighted by molar-refractivity contribution is 7.17. The lowest BCUT2D eigenvalue weighted by Gasteiger charge is -2.15. The van der Waals surface area contributed by atoms with Gasteiger partial charge in [0.15, 0.2) is 0 Å². The Labute approximate surface area is 123 Å². The van der Waals surface area contributed by atoms with E-state index in [4.69, 9.17) is 4.42 Å². The lowest BCUT2D eigenvalue weighted by atomic mass is 10.0. The van der Waals surface area contributed by atoms with E-state index in [-0.39, 0.29) is 6.04 Å². The fourth-order valence-electron chi connectivity index (χ4n) is 2.53. The molecule has 2 nitrogen and oxygen atoms in total. The molecule has 1 atom stereocenters. The molecule has 0 saturated carbocycles. The molecule has 3 heteroatoms. The van der Waals surface area contributed by atoms with Crippen LogP contribution in [0.25, 0.3) is 10.1 Å². The minimum absolute atomic E-state index is 0.136. The van der Waals surface area contributed by atoms with Crippen molar-refractivity contribution in [2.45, 2.75) is 26.3 Å². The van der Waals surface area contributed by atoms with E-state index in [0.29, 0.717) is 0 Å². The second-order valence-corrected chi connectivity index (χ2v) is 5.75. The number of furan rings is 1. The molecule has 1 N–H and O–H groups in total. The first-order valence-corrected chi connectivity index (χ1v) is 7.99. The van der Waals surface area contributed by atoms with Crippen molar-refractivity contribution < 1.29 is 4.42 Å². The van der Waals surface area contributed by atoms with Gasteiger partial charge in [0.1, 0.15) is 11.5 Å². The lowest BCUT2D eigenvalue weighted by molar-refractivity contribution is 0.427. The highest BCUT2D eigenvalue weighted by atomic mass is 32.1. The zero-order valence-electron chi connectivity index (χ0n) is 11.8. The minimum atomic E-state index is 0.136. The molecule has 0 aliphatic carbocycles. The largest absolute Gasteiger partial charge is 0.464 e. The van der Waals surface area contributed by atoms with Crippen LogP contribution in [0.5, 0.6) is 0 Å². The molecule has 0 spiro atoms. The summed E-state index contributed by atoms with van der Waals surface area (Å²) in [5.74, 6) is 2.05. The van der Waals surface area contributed by atoms with E-state index in [0.717, 1.165) is 24.5 Å². The van der Waals surface area contributed by atoms with Gasteiger partial charge in [0.05, 0.1) is 6.04 Å². The Kier molecular flexibility index (Phi) is 3.90. The zero-order valence-corrected chi connectivity index (χ0v) is 12.7. The second-order valence-electron chi connectivity index (χ2n) is 4.84. The van der Waals surface area contributed by atoms with E-state index in [1.54, 1.807) is 11.3 Å². The molecule has 0 radical (unpaired) electrons. The third-order valence-electron chi connectivity index (χ3n) is 3.55. The first-order valence-electron chi connectivity index (χ1n) is 7.11. The Morgan fingerprint density at radius 2 is 2.00 bits per heavy atom. The number of aryl methyl sites for hydroxylation is 1. The standard InChI is InChI=1S/C17H19NOS/c1-3-12-9-10-15(19-12)17(18-4-2)14-11-20-16-8-6-5-7-13(14)16/h5-11,17-18H,3-4H2,1-2H3. The van der Waals surface area contributed by atoms with Gasteiger partial charge in [-0.05, 0) is 41.1 Å². The van der Waals surface area contributed by atoms with Crippen molar-refractivity contribution >= 4 is 21.4 Å². The summed E-state index contributed by atoms with van der Waals surface area (Å²) in [5, 5.41) is 7.10. The summed E-state index contributed by atoms with van der Waals surface area (Å²) >= 11 is 1.79. The molecule has 0 saturated heterocycles. The Balaban J connectivity index is 2.05. The van der Waals surface area contributed by atoms with Gasteiger partial charge in [0, 0.05) is 11.1 Å². The fraction of sp³-hybridized carbons (Fsp3) is 0.294. The van der Waals surface area contributed by atoms with Crippen LogP contribution in [0.2, 0.25) is 0 Å². The number of fused-ring (bicyclic) bond motifs is 1. The quantitative estimate of drug-likeness (QED) is 0.731. The first kappa shape index (κ1) is 13.4. The van der Waals surface area contributed by atoms with E-state index in [1.165, 1.54) is 15.6 Å². The molecule has 1 aromatic carbocycles. The fourth-order valence-corrected chi connectivity index (χ4v) is 3.52. The third-order valence-corrected chi connectivity index (χ3v) is 4.53. The predicted molar refractivity (Wildman–Crippen MR) is 85.4 cm³/mol. The molecular weight excluding hydrogens is 266 g/mol. The van der Waals surface area contributed by atoms with Crippen LogP contribution in [-0.2, 0) is 6.42 Å². The maximum atomic E-state index is 5.96. The molecule has 0 amide bonds. The van der Waals surface area contributed by atoms with Crippen molar-refractivity contribution in [3.8, 4) is 0 Å². The third kappa shape index (κ3) is 2.39. The van der Waals surface area contributed by atoms with Crippen LogP contribution in [0, 0.1) is 0 Å². The van der Waals surface area contributed by atoms with E-state index in [9.17, 15) is 0 Å². The molecular formula is C17H19NOS. The normalized spacial score (nSPS) is 12.9. The van der Waals surface area contributed by atoms with E-state index >= 15 is 0 Å². The summed E-state index contributed by atoms with van der Waals surface area (Å²) in [4.78, 5) is 0. The van der Waals surface area contributed by atoms with Crippen LogP contribution in [-0.4, -0.2) is 6.54 Å². The Bertz CT molecular complexity index is 698. The van der Waals surface area contributed by atoms with Crippen LogP contribution in [0.15, 0.2) is 46.2 Å². The van der Waals surface area contributed by atoms with Crippen molar-refractivity contribution in [3.05, 3.63) is 58.9 Å². The van der Waals surface area contributed by atoms with Gasteiger partial charge in [-0.15, -0.1) is 11.3 Å². The number of thiophene rings is 1. The summed E-state index contributed by atoms with van der Waals surface area (Å²) < 4.78 is 7.29. The van der Waals surface area contributed by atoms with Gasteiger partial charge in [-0.3, -0.25) is 0 Å². The summed E-state index contributed by atoms with van der Waals surface area (Å²) in [7, 11) is 0. The molecule has 2 aromatic heterocycles. The van der Waals surface area contributed by atoms with Gasteiger partial charge in [-0.25, -0.2) is 0 Å². The molecule has 1 unspecified atom stereocenters. The van der Waals surface area contributed by atoms with Crippen LogP contribution in [0.3, 0.4) is 0 Å². The lowest BCUT2D eigenvalue weighted by Crippen LogP contribution is -2.21. The minimum Gasteiger partial charge on any atom is -0.464 e. The summed E-state index contributed by atoms with van der Waals surface area (Å²) in [6.07, 6.45) is 0.934. The maximum absolute atomic E-state index is 5.96. The molecule has 0 aliphatic rings. The van der Waals surface area contributed by atoms with Crippen molar-refractivity contribution in [2.75, 3.05) is 6.54 Å². The zero-order chi connectivity index (χ0) is 13.9. The Morgan fingerprint density at radius 3 is 2.75 bits per heavy atom. The summed E-state index contributed by atoms with van der Waals surface area (Å²) in [6.45, 7) is 5.16. The van der Waals surface area contributed by atoms with Crippen LogP contribution < -0.4 is 5.32 Å². The maximum Gasteiger partial charge on any atom is 0.125 e. The molecule has 0 aliphatic heterocycles. The van der Waals surface area contributed by atoms with Crippen molar-refractivity contribution in [1.29, 1.82) is 0 Å². The van der Waals surface area contributed by atoms with Gasteiger partial charge in [-0.2, -0.15) is 0 Å². The smallest absolute Gasteiger partial charge is 0.125 e. The SMILES string of the molecule is CCNC(c1ccc(CC)o1)c1csc2ccccc12. The molecule has 3 rings (SSSR count). The Hall–Kier alpha value is -1.58. The number of rotatable bonds is 5. The average molecular weight is 285 g/mol. The number of nitrogens with one attached hydrogen (secondary N) is 1. The van der Waals surface area contributed by atoms with Crippen molar-refractivity contribution in [3.63, 3.8) is 0 Å². The summed E-state index contributed by atoms with van der Waals surface area (Å²) in [5.41, 5.74) is 1.31. The first-order chi connectivity index (χ1) is 9.83. The average Bonchev–Trinajstić information content (AvgIpc) is 3.12. The van der Waals surface area contributed by atoms with E-state index in [2.05, 4.69) is 60.9 Å². The molecule has 104 valence electrons. The van der Waals surface area contributed by atoms with E-state index < -0.39 is 0 Å². The molecule has 0 bridgehead atoms. The predicted octanol–water partition coefficient (Wildman–Crippen LogP) is 4.76. The van der Waals surface area contributed by atoms with E-state index in [1.807, 2.05) is 0 Å². The number of benzene rings is 1. The van der Waals surface area contributed by atoms with Gasteiger partial charge < -0.3 is 9.73 Å². The van der Waals surface area contributed by atoms with Crippen LogP contribution in [0.4, 0.5) is 0 Å². The highest BCUT2D eigenvalue weighted by Crippen LogP contribution is 2.34. The number of hydrogen-bond acceptors (Lipinski definition) is 3. The Morgan fingerprint density at radius 1 is 1.15 bits per heavy atom. The highest BCUT2D eigenvalue weighted by Gasteiger charge is 2.20. The molecule has 3 aromatic rings. The topological polar surface area (TPSA) is 25.2 Å². The summed E-state index contributed by atoms with van der Waals surface area (Å²) in [6, 6.07) is 12.9. The monoisotopic (exact) mass is 285 g/mol. The second kappa shape index (κ2) is 5.81. The van der Waals surface area contributed by atoms with Gasteiger partial charge in [0.25, 0.3) is 0 Å². The number of hydrogen-bond donors (Lipinski definition) is 1. The molecule has 0 fully saturated rings. The van der Waals surface area contributed by atoms with Crippen molar-refractivity contribution in [1.82, 2.24) is 5.32 Å². The van der Waals surface area contributed by atoms with Gasteiger partial charge >= 0.3 is 0 Å². The molecule has 2 heterocycles. The van der Waals surface area contributed by atoms with Crippen molar-refractivity contribution in [2.24, 2.45) is 0 Å². The van der Waals surface area contributed by atoms with Gasteiger partial charge in [-0.1, -0.05) is 32.0 Å².